The highest BCUT2D eigenvalue weighted by atomic mass is 16.3. The van der Waals surface area contributed by atoms with Crippen molar-refractivity contribution in [2.75, 3.05) is 5.32 Å². The van der Waals surface area contributed by atoms with Crippen molar-refractivity contribution in [3.8, 4) is 6.07 Å². The Bertz CT molecular complexity index is 625. The smallest absolute Gasteiger partial charge is 0.238 e. The average Bonchev–Trinajstić information content (AvgIpc) is 2.78. The highest BCUT2D eigenvalue weighted by molar-refractivity contribution is 5.93. The van der Waals surface area contributed by atoms with E-state index in [0.29, 0.717) is 11.3 Å². The lowest BCUT2D eigenvalue weighted by Gasteiger charge is -2.00. The Labute approximate surface area is 111 Å². The third-order valence-corrected chi connectivity index (χ3v) is 2.70. The maximum absolute atomic E-state index is 11.3. The molecule has 98 valence electrons. The SMILES string of the molecule is CCCCc1nc2cc(NC(=O)CC#N)ccc2o1. The highest BCUT2D eigenvalue weighted by Gasteiger charge is 2.07. The van der Waals surface area contributed by atoms with Gasteiger partial charge in [-0.1, -0.05) is 13.3 Å². The zero-order valence-corrected chi connectivity index (χ0v) is 10.8. The van der Waals surface area contributed by atoms with Crippen molar-refractivity contribution in [2.24, 2.45) is 0 Å². The molecule has 2 rings (SSSR count). The van der Waals surface area contributed by atoms with E-state index in [4.69, 9.17) is 9.68 Å². The number of anilines is 1. The van der Waals surface area contributed by atoms with E-state index < -0.39 is 0 Å². The van der Waals surface area contributed by atoms with Gasteiger partial charge in [-0.2, -0.15) is 5.26 Å². The second-order valence-electron chi connectivity index (χ2n) is 4.28. The molecule has 1 aromatic carbocycles. The fourth-order valence-corrected chi connectivity index (χ4v) is 1.76. The van der Waals surface area contributed by atoms with Crippen molar-refractivity contribution in [2.45, 2.75) is 32.6 Å². The minimum atomic E-state index is -0.323. The first kappa shape index (κ1) is 13.1. The molecular formula is C14H15N3O2. The van der Waals surface area contributed by atoms with Crippen molar-refractivity contribution in [1.82, 2.24) is 4.98 Å². The molecule has 1 aromatic heterocycles. The summed E-state index contributed by atoms with van der Waals surface area (Å²) in [5, 5.41) is 11.1. The number of rotatable bonds is 5. The Balaban J connectivity index is 2.16. The minimum absolute atomic E-state index is 0.154. The van der Waals surface area contributed by atoms with Gasteiger partial charge in [0.1, 0.15) is 11.9 Å². The van der Waals surface area contributed by atoms with Gasteiger partial charge in [-0.3, -0.25) is 4.79 Å². The molecule has 0 saturated carbocycles. The van der Waals surface area contributed by atoms with Crippen molar-refractivity contribution < 1.29 is 9.21 Å². The topological polar surface area (TPSA) is 78.9 Å². The molecule has 0 atom stereocenters. The molecule has 0 radical (unpaired) electrons. The number of benzene rings is 1. The fourth-order valence-electron chi connectivity index (χ4n) is 1.76. The van der Waals surface area contributed by atoms with Crippen LogP contribution in [0.4, 0.5) is 5.69 Å². The second kappa shape index (κ2) is 6.01. The van der Waals surface area contributed by atoms with E-state index in [-0.39, 0.29) is 12.3 Å². The first-order valence-electron chi connectivity index (χ1n) is 6.29. The zero-order valence-electron chi connectivity index (χ0n) is 10.8. The van der Waals surface area contributed by atoms with E-state index in [9.17, 15) is 4.79 Å². The van der Waals surface area contributed by atoms with Gasteiger partial charge in [0.2, 0.25) is 5.91 Å². The Morgan fingerprint density at radius 2 is 2.37 bits per heavy atom. The number of oxazole rings is 1. The number of nitrogens with one attached hydrogen (secondary N) is 1. The lowest BCUT2D eigenvalue weighted by atomic mass is 10.2. The molecule has 1 heterocycles. The number of nitriles is 1. The second-order valence-corrected chi connectivity index (χ2v) is 4.28. The maximum atomic E-state index is 11.3. The van der Waals surface area contributed by atoms with Gasteiger partial charge in [-0.15, -0.1) is 0 Å². The molecule has 0 aliphatic carbocycles. The van der Waals surface area contributed by atoms with Crippen LogP contribution in [0.2, 0.25) is 0 Å². The Morgan fingerprint density at radius 3 is 3.11 bits per heavy atom. The summed E-state index contributed by atoms with van der Waals surface area (Å²) in [6.07, 6.45) is 2.80. The van der Waals surface area contributed by atoms with Crippen molar-refractivity contribution >= 4 is 22.7 Å². The number of aryl methyl sites for hydroxylation is 1. The number of hydrogen-bond donors (Lipinski definition) is 1. The number of hydrogen-bond acceptors (Lipinski definition) is 4. The number of nitrogens with zero attached hydrogens (tertiary/aromatic N) is 2. The third-order valence-electron chi connectivity index (χ3n) is 2.70. The van der Waals surface area contributed by atoms with Gasteiger partial charge in [0.15, 0.2) is 11.5 Å². The third kappa shape index (κ3) is 3.32. The summed E-state index contributed by atoms with van der Waals surface area (Å²) in [6, 6.07) is 7.08. The number of fused-ring (bicyclic) bond motifs is 1. The van der Waals surface area contributed by atoms with Gasteiger partial charge in [0, 0.05) is 12.1 Å². The van der Waals surface area contributed by atoms with E-state index in [1.54, 1.807) is 24.3 Å². The molecule has 19 heavy (non-hydrogen) atoms. The molecule has 1 amide bonds. The largest absolute Gasteiger partial charge is 0.441 e. The maximum Gasteiger partial charge on any atom is 0.238 e. The fraction of sp³-hybridized carbons (Fsp3) is 0.357. The molecule has 0 bridgehead atoms. The lowest BCUT2D eigenvalue weighted by Crippen LogP contribution is -2.09. The van der Waals surface area contributed by atoms with E-state index in [2.05, 4.69) is 17.2 Å². The highest BCUT2D eigenvalue weighted by Crippen LogP contribution is 2.21. The van der Waals surface area contributed by atoms with Crippen LogP contribution in [0.1, 0.15) is 32.1 Å². The molecule has 0 aliphatic rings. The predicted octanol–water partition coefficient (Wildman–Crippen LogP) is 3.02. The predicted molar refractivity (Wildman–Crippen MR) is 71.5 cm³/mol. The number of carbonyl (C=O) groups is 1. The summed E-state index contributed by atoms with van der Waals surface area (Å²) >= 11 is 0. The first-order chi connectivity index (χ1) is 9.22. The van der Waals surface area contributed by atoms with Crippen LogP contribution < -0.4 is 5.32 Å². The van der Waals surface area contributed by atoms with Crippen LogP contribution >= 0.6 is 0 Å². The quantitative estimate of drug-likeness (QED) is 0.892. The van der Waals surface area contributed by atoms with Crippen LogP contribution in [0.25, 0.3) is 11.1 Å². The number of carbonyl (C=O) groups excluding carboxylic acids is 1. The summed E-state index contributed by atoms with van der Waals surface area (Å²) < 4.78 is 5.60. The molecule has 0 fully saturated rings. The summed E-state index contributed by atoms with van der Waals surface area (Å²) in [5.74, 6) is 0.397. The lowest BCUT2D eigenvalue weighted by molar-refractivity contribution is -0.115. The van der Waals surface area contributed by atoms with E-state index >= 15 is 0 Å². The van der Waals surface area contributed by atoms with E-state index in [0.717, 1.165) is 30.7 Å². The average molecular weight is 257 g/mol. The van der Waals surface area contributed by atoms with Gasteiger partial charge in [0.05, 0.1) is 6.07 Å². The van der Waals surface area contributed by atoms with Crippen molar-refractivity contribution in [1.29, 1.82) is 5.26 Å². The van der Waals surface area contributed by atoms with Crippen LogP contribution in [0.3, 0.4) is 0 Å². The molecule has 0 aliphatic heterocycles. The summed E-state index contributed by atoms with van der Waals surface area (Å²) in [6.45, 7) is 2.12. The Hall–Kier alpha value is -2.35. The van der Waals surface area contributed by atoms with Crippen molar-refractivity contribution in [3.05, 3.63) is 24.1 Å². The molecule has 2 aromatic rings. The van der Waals surface area contributed by atoms with Crippen LogP contribution in [0, 0.1) is 11.3 Å². The number of unbranched alkanes of at least 4 members (excludes halogenated alkanes) is 1. The molecule has 5 nitrogen and oxygen atoms in total. The van der Waals surface area contributed by atoms with Gasteiger partial charge >= 0.3 is 0 Å². The summed E-state index contributed by atoms with van der Waals surface area (Å²) in [5.41, 5.74) is 2.06. The van der Waals surface area contributed by atoms with Crippen LogP contribution in [0.15, 0.2) is 22.6 Å². The van der Waals surface area contributed by atoms with Gasteiger partial charge < -0.3 is 9.73 Å². The number of amides is 1. The summed E-state index contributed by atoms with van der Waals surface area (Å²) in [4.78, 5) is 15.7. The monoisotopic (exact) mass is 257 g/mol. The summed E-state index contributed by atoms with van der Waals surface area (Å²) in [7, 11) is 0. The van der Waals surface area contributed by atoms with Crippen LogP contribution in [-0.4, -0.2) is 10.9 Å². The Kier molecular flexibility index (Phi) is 4.14. The molecule has 1 N–H and O–H groups in total. The van der Waals surface area contributed by atoms with Gasteiger partial charge in [-0.25, -0.2) is 4.98 Å². The molecule has 0 saturated heterocycles. The first-order valence-corrected chi connectivity index (χ1v) is 6.29. The Morgan fingerprint density at radius 1 is 1.53 bits per heavy atom. The number of aromatic nitrogens is 1. The van der Waals surface area contributed by atoms with Crippen molar-refractivity contribution in [3.63, 3.8) is 0 Å². The standard InChI is InChI=1S/C14H15N3O2/c1-2-3-4-14-17-11-9-10(5-6-12(11)19-14)16-13(18)7-8-15/h5-6,9H,2-4,7H2,1H3,(H,16,18). The molecule has 5 heteroatoms. The van der Waals surface area contributed by atoms with E-state index in [1.165, 1.54) is 0 Å². The van der Waals surface area contributed by atoms with Gasteiger partial charge in [0.25, 0.3) is 0 Å². The van der Waals surface area contributed by atoms with Gasteiger partial charge in [-0.05, 0) is 24.6 Å². The molecular weight excluding hydrogens is 242 g/mol. The van der Waals surface area contributed by atoms with Crippen LogP contribution in [0.5, 0.6) is 0 Å². The minimum Gasteiger partial charge on any atom is -0.441 e. The van der Waals surface area contributed by atoms with Crippen LogP contribution in [-0.2, 0) is 11.2 Å². The normalized spacial score (nSPS) is 10.3. The molecule has 0 unspecified atom stereocenters. The van der Waals surface area contributed by atoms with E-state index in [1.807, 2.05) is 0 Å². The zero-order chi connectivity index (χ0) is 13.7. The molecule has 0 spiro atoms.